The van der Waals surface area contributed by atoms with Crippen LogP contribution in [0, 0.1) is 5.92 Å². The molecule has 0 saturated carbocycles. The van der Waals surface area contributed by atoms with Crippen LogP contribution in [0.25, 0.3) is 11.0 Å². The van der Waals surface area contributed by atoms with Crippen LogP contribution in [0.1, 0.15) is 18.3 Å². The predicted molar refractivity (Wildman–Crippen MR) is 57.6 cm³/mol. The average Bonchev–Trinajstić information content (AvgIpc) is 2.71. The number of alkyl halides is 3. The zero-order chi connectivity index (χ0) is 12.2. The van der Waals surface area contributed by atoms with Crippen LogP contribution >= 0.6 is 0 Å². The summed E-state index contributed by atoms with van der Waals surface area (Å²) in [6.45, 7) is 2.96. The van der Waals surface area contributed by atoms with Gasteiger partial charge in [0.15, 0.2) is 0 Å². The Balaban J connectivity index is 2.15. The molecule has 1 atom stereocenters. The molecule has 2 heterocycles. The number of rotatable bonds is 0. The summed E-state index contributed by atoms with van der Waals surface area (Å²) >= 11 is 0. The Hall–Kier alpha value is -1.52. The van der Waals surface area contributed by atoms with E-state index in [-0.39, 0.29) is 0 Å². The van der Waals surface area contributed by atoms with E-state index in [0.29, 0.717) is 11.4 Å². The smallest absolute Gasteiger partial charge is 0.328 e. The van der Waals surface area contributed by atoms with E-state index < -0.39 is 11.7 Å². The number of nitrogens with zero attached hydrogens (tertiary/aromatic N) is 2. The van der Waals surface area contributed by atoms with Crippen molar-refractivity contribution in [3.63, 3.8) is 0 Å². The molecule has 17 heavy (non-hydrogen) atoms. The van der Waals surface area contributed by atoms with Crippen LogP contribution in [0.15, 0.2) is 18.2 Å². The second-order valence-electron chi connectivity index (χ2n) is 4.65. The van der Waals surface area contributed by atoms with Crippen molar-refractivity contribution in [1.82, 2.24) is 9.55 Å². The molecule has 0 amide bonds. The lowest BCUT2D eigenvalue weighted by molar-refractivity contribution is -0.137. The predicted octanol–water partition coefficient (Wildman–Crippen LogP) is 3.25. The number of aromatic nitrogens is 2. The Labute approximate surface area is 96.1 Å². The summed E-state index contributed by atoms with van der Waals surface area (Å²) in [5.41, 5.74) is 0.619. The van der Waals surface area contributed by atoms with Crippen molar-refractivity contribution in [2.75, 3.05) is 0 Å². The third kappa shape index (κ3) is 1.61. The Morgan fingerprint density at radius 1 is 1.35 bits per heavy atom. The second-order valence-corrected chi connectivity index (χ2v) is 4.65. The minimum atomic E-state index is -4.30. The highest BCUT2D eigenvalue weighted by molar-refractivity contribution is 5.77. The molecule has 1 aliphatic heterocycles. The lowest BCUT2D eigenvalue weighted by Gasteiger charge is -2.06. The maximum absolute atomic E-state index is 12.5. The highest BCUT2D eigenvalue weighted by Gasteiger charge is 2.31. The maximum Gasteiger partial charge on any atom is 0.416 e. The number of halogens is 3. The molecular formula is C12H11F3N2. The molecule has 3 rings (SSSR count). The summed E-state index contributed by atoms with van der Waals surface area (Å²) in [7, 11) is 0. The van der Waals surface area contributed by atoms with Crippen molar-refractivity contribution in [3.8, 4) is 0 Å². The van der Waals surface area contributed by atoms with E-state index in [1.54, 1.807) is 0 Å². The molecule has 0 radical (unpaired) electrons. The van der Waals surface area contributed by atoms with Gasteiger partial charge in [0.2, 0.25) is 0 Å². The molecule has 1 aliphatic rings. The SMILES string of the molecule is C[C@H]1Cc2nc3cc(C(F)(F)F)ccc3n2C1. The van der Waals surface area contributed by atoms with Gasteiger partial charge in [-0.15, -0.1) is 0 Å². The molecule has 2 nitrogen and oxygen atoms in total. The number of hydrogen-bond acceptors (Lipinski definition) is 1. The maximum atomic E-state index is 12.5. The largest absolute Gasteiger partial charge is 0.416 e. The number of fused-ring (bicyclic) bond motifs is 3. The van der Waals surface area contributed by atoms with Crippen LogP contribution < -0.4 is 0 Å². The van der Waals surface area contributed by atoms with Crippen LogP contribution in [0.2, 0.25) is 0 Å². The van der Waals surface area contributed by atoms with Gasteiger partial charge >= 0.3 is 6.18 Å². The number of hydrogen-bond donors (Lipinski definition) is 0. The van der Waals surface area contributed by atoms with Gasteiger partial charge in [-0.2, -0.15) is 13.2 Å². The van der Waals surface area contributed by atoms with E-state index in [1.807, 2.05) is 4.57 Å². The number of imidazole rings is 1. The fourth-order valence-corrected chi connectivity index (χ4v) is 2.40. The zero-order valence-corrected chi connectivity index (χ0v) is 9.25. The molecule has 1 aromatic heterocycles. The fourth-order valence-electron chi connectivity index (χ4n) is 2.40. The van der Waals surface area contributed by atoms with E-state index >= 15 is 0 Å². The molecule has 1 aromatic carbocycles. The van der Waals surface area contributed by atoms with Crippen molar-refractivity contribution in [2.24, 2.45) is 5.92 Å². The van der Waals surface area contributed by atoms with Crippen molar-refractivity contribution in [1.29, 1.82) is 0 Å². The highest BCUT2D eigenvalue weighted by atomic mass is 19.4. The van der Waals surface area contributed by atoms with E-state index in [4.69, 9.17) is 0 Å². The molecule has 0 spiro atoms. The van der Waals surface area contributed by atoms with Gasteiger partial charge in [-0.3, -0.25) is 0 Å². The third-order valence-corrected chi connectivity index (χ3v) is 3.18. The Kier molecular flexibility index (Phi) is 2.03. The van der Waals surface area contributed by atoms with Gasteiger partial charge < -0.3 is 4.57 Å². The lowest BCUT2D eigenvalue weighted by Crippen LogP contribution is -2.04. The van der Waals surface area contributed by atoms with Gasteiger partial charge in [0.25, 0.3) is 0 Å². The van der Waals surface area contributed by atoms with Gasteiger partial charge in [0, 0.05) is 13.0 Å². The quantitative estimate of drug-likeness (QED) is 0.691. The van der Waals surface area contributed by atoms with Gasteiger partial charge in [0.05, 0.1) is 16.6 Å². The molecule has 0 bridgehead atoms. The van der Waals surface area contributed by atoms with E-state index in [0.717, 1.165) is 36.4 Å². The minimum absolute atomic E-state index is 0.446. The Morgan fingerprint density at radius 2 is 2.12 bits per heavy atom. The van der Waals surface area contributed by atoms with Crippen LogP contribution in [0.5, 0.6) is 0 Å². The molecule has 0 unspecified atom stereocenters. The summed E-state index contributed by atoms with van der Waals surface area (Å²) < 4.78 is 39.7. The minimum Gasteiger partial charge on any atom is -0.328 e. The standard InChI is InChI=1S/C12H11F3N2/c1-7-4-11-16-9-5-8(12(13,14)15)2-3-10(9)17(11)6-7/h2-3,5,7H,4,6H2,1H3/t7-/m0/s1. The van der Waals surface area contributed by atoms with E-state index in [9.17, 15) is 13.2 Å². The van der Waals surface area contributed by atoms with Crippen LogP contribution in [0.4, 0.5) is 13.2 Å². The van der Waals surface area contributed by atoms with Gasteiger partial charge in [-0.25, -0.2) is 4.98 Å². The van der Waals surface area contributed by atoms with E-state index in [2.05, 4.69) is 11.9 Å². The summed E-state index contributed by atoms with van der Waals surface area (Å²) in [5, 5.41) is 0. The van der Waals surface area contributed by atoms with Crippen LogP contribution in [-0.4, -0.2) is 9.55 Å². The highest BCUT2D eigenvalue weighted by Crippen LogP contribution is 2.33. The first-order valence-electron chi connectivity index (χ1n) is 5.51. The van der Waals surface area contributed by atoms with Gasteiger partial charge in [-0.05, 0) is 24.1 Å². The molecule has 0 fully saturated rings. The zero-order valence-electron chi connectivity index (χ0n) is 9.25. The third-order valence-electron chi connectivity index (χ3n) is 3.18. The number of benzene rings is 1. The van der Waals surface area contributed by atoms with Crippen molar-refractivity contribution >= 4 is 11.0 Å². The second kappa shape index (κ2) is 3.24. The first-order valence-corrected chi connectivity index (χ1v) is 5.51. The molecule has 0 saturated heterocycles. The summed E-state index contributed by atoms with van der Waals surface area (Å²) in [6, 6.07) is 3.78. The monoisotopic (exact) mass is 240 g/mol. The first kappa shape index (κ1) is 10.6. The summed E-state index contributed by atoms with van der Waals surface area (Å²) in [5.74, 6) is 1.41. The van der Waals surface area contributed by atoms with Gasteiger partial charge in [0.1, 0.15) is 5.82 Å². The van der Waals surface area contributed by atoms with Crippen molar-refractivity contribution < 1.29 is 13.2 Å². The lowest BCUT2D eigenvalue weighted by atomic mass is 10.1. The van der Waals surface area contributed by atoms with Crippen molar-refractivity contribution in [2.45, 2.75) is 26.1 Å². The van der Waals surface area contributed by atoms with Crippen LogP contribution in [0.3, 0.4) is 0 Å². The average molecular weight is 240 g/mol. The van der Waals surface area contributed by atoms with Crippen LogP contribution in [-0.2, 0) is 19.1 Å². The Morgan fingerprint density at radius 3 is 2.82 bits per heavy atom. The molecule has 5 heteroatoms. The van der Waals surface area contributed by atoms with E-state index in [1.165, 1.54) is 6.07 Å². The summed E-state index contributed by atoms with van der Waals surface area (Å²) in [6.07, 6.45) is -3.45. The topological polar surface area (TPSA) is 17.8 Å². The first-order chi connectivity index (χ1) is 7.95. The molecule has 0 aliphatic carbocycles. The molecular weight excluding hydrogens is 229 g/mol. The summed E-state index contributed by atoms with van der Waals surface area (Å²) in [4.78, 5) is 4.28. The molecule has 2 aromatic rings. The van der Waals surface area contributed by atoms with Crippen molar-refractivity contribution in [3.05, 3.63) is 29.6 Å². The fraction of sp³-hybridized carbons (Fsp3) is 0.417. The van der Waals surface area contributed by atoms with Gasteiger partial charge in [-0.1, -0.05) is 6.92 Å². The Bertz CT molecular complexity index is 583. The normalized spacial score (nSPS) is 19.9. The molecule has 0 N–H and O–H groups in total. The molecule has 90 valence electrons.